The Hall–Kier alpha value is -1.48. The van der Waals surface area contributed by atoms with Gasteiger partial charge < -0.3 is 5.32 Å². The molecule has 2 rings (SSSR count). The summed E-state index contributed by atoms with van der Waals surface area (Å²) < 4.78 is 66.0. The third-order valence-electron chi connectivity index (χ3n) is 2.25. The van der Waals surface area contributed by atoms with Gasteiger partial charge in [-0.25, -0.2) is 22.0 Å². The molecule has 106 valence electrons. The van der Waals surface area contributed by atoms with Crippen LogP contribution in [0.25, 0.3) is 0 Å². The van der Waals surface area contributed by atoms with Crippen LogP contribution in [0.1, 0.15) is 9.67 Å². The molecule has 0 radical (unpaired) electrons. The molecule has 1 heterocycles. The Kier molecular flexibility index (Phi) is 4.09. The highest BCUT2D eigenvalue weighted by Crippen LogP contribution is 2.28. The Labute approximate surface area is 121 Å². The largest absolute Gasteiger partial charge is 0.316 e. The van der Waals surface area contributed by atoms with Crippen LogP contribution in [0.2, 0.25) is 0 Å². The Balaban J connectivity index is 2.42. The van der Waals surface area contributed by atoms with Crippen molar-refractivity contribution in [2.75, 3.05) is 5.32 Å². The standard InChI is InChI=1S/C11H3BrF5NOS/c12-4-2-1-3(20-4)11(19)18-10-8(16)6(14)5(13)7(15)9(10)17/h1-2H,(H,18,19). The van der Waals surface area contributed by atoms with Crippen molar-refractivity contribution in [3.63, 3.8) is 0 Å². The number of amides is 1. The molecular weight excluding hydrogens is 369 g/mol. The zero-order valence-electron chi connectivity index (χ0n) is 9.24. The first-order chi connectivity index (χ1) is 9.32. The van der Waals surface area contributed by atoms with E-state index in [-0.39, 0.29) is 4.88 Å². The molecule has 0 aliphatic carbocycles. The SMILES string of the molecule is O=C(Nc1c(F)c(F)c(F)c(F)c1F)c1ccc(Br)s1. The summed E-state index contributed by atoms with van der Waals surface area (Å²) >= 11 is 4.00. The highest BCUT2D eigenvalue weighted by molar-refractivity contribution is 9.11. The van der Waals surface area contributed by atoms with Gasteiger partial charge in [0, 0.05) is 0 Å². The van der Waals surface area contributed by atoms with Gasteiger partial charge in [-0.1, -0.05) is 0 Å². The minimum atomic E-state index is -2.28. The molecule has 1 aromatic heterocycles. The molecule has 1 amide bonds. The Morgan fingerprint density at radius 1 is 0.950 bits per heavy atom. The molecule has 0 unspecified atom stereocenters. The fourth-order valence-corrected chi connectivity index (χ4v) is 2.61. The Bertz CT molecular complexity index is 673. The maximum absolute atomic E-state index is 13.3. The molecular formula is C11H3BrF5NOS. The average molecular weight is 372 g/mol. The highest BCUT2D eigenvalue weighted by atomic mass is 79.9. The summed E-state index contributed by atoms with van der Waals surface area (Å²) in [6.07, 6.45) is 0. The lowest BCUT2D eigenvalue weighted by Crippen LogP contribution is -2.15. The Morgan fingerprint density at radius 2 is 1.45 bits per heavy atom. The zero-order valence-corrected chi connectivity index (χ0v) is 11.6. The van der Waals surface area contributed by atoms with Gasteiger partial charge in [-0.2, -0.15) is 0 Å². The van der Waals surface area contributed by atoms with Crippen molar-refractivity contribution in [3.05, 3.63) is 49.9 Å². The molecule has 20 heavy (non-hydrogen) atoms. The molecule has 0 aliphatic heterocycles. The molecule has 0 saturated heterocycles. The third-order valence-corrected chi connectivity index (χ3v) is 3.87. The molecule has 1 N–H and O–H groups in total. The first kappa shape index (κ1) is 14.9. The van der Waals surface area contributed by atoms with Crippen LogP contribution in [0.5, 0.6) is 0 Å². The topological polar surface area (TPSA) is 29.1 Å². The van der Waals surface area contributed by atoms with Gasteiger partial charge in [0.25, 0.3) is 5.91 Å². The molecule has 0 aliphatic rings. The van der Waals surface area contributed by atoms with Crippen LogP contribution in [0.4, 0.5) is 27.6 Å². The lowest BCUT2D eigenvalue weighted by Gasteiger charge is -2.08. The summed E-state index contributed by atoms with van der Waals surface area (Å²) in [7, 11) is 0. The second-order valence-corrected chi connectivity index (χ2v) is 5.97. The predicted octanol–water partition coefficient (Wildman–Crippen LogP) is 4.46. The van der Waals surface area contributed by atoms with Gasteiger partial charge in [-0.3, -0.25) is 4.79 Å². The van der Waals surface area contributed by atoms with E-state index in [0.717, 1.165) is 11.3 Å². The maximum atomic E-state index is 13.3. The quantitative estimate of drug-likeness (QED) is 0.471. The van der Waals surface area contributed by atoms with E-state index in [1.807, 2.05) is 0 Å². The second kappa shape index (κ2) is 5.49. The molecule has 1 aromatic carbocycles. The van der Waals surface area contributed by atoms with Crippen molar-refractivity contribution in [2.45, 2.75) is 0 Å². The maximum Gasteiger partial charge on any atom is 0.265 e. The van der Waals surface area contributed by atoms with Crippen molar-refractivity contribution in [1.82, 2.24) is 0 Å². The number of hydrogen-bond donors (Lipinski definition) is 1. The van der Waals surface area contributed by atoms with Gasteiger partial charge >= 0.3 is 0 Å². The number of carbonyl (C=O) groups is 1. The number of anilines is 1. The fraction of sp³-hybridized carbons (Fsp3) is 0. The zero-order chi connectivity index (χ0) is 15.0. The number of benzene rings is 1. The summed E-state index contributed by atoms with van der Waals surface area (Å²) in [5, 5.41) is 1.67. The minimum absolute atomic E-state index is 0.0424. The van der Waals surface area contributed by atoms with E-state index in [9.17, 15) is 26.7 Å². The molecule has 0 fully saturated rings. The highest BCUT2D eigenvalue weighted by Gasteiger charge is 2.27. The number of nitrogens with one attached hydrogen (secondary N) is 1. The van der Waals surface area contributed by atoms with Gasteiger partial charge in [-0.15, -0.1) is 11.3 Å². The van der Waals surface area contributed by atoms with E-state index in [1.165, 1.54) is 12.1 Å². The number of carbonyl (C=O) groups excluding carboxylic acids is 1. The summed E-state index contributed by atoms with van der Waals surface area (Å²) in [6, 6.07) is 2.83. The van der Waals surface area contributed by atoms with Crippen molar-refractivity contribution in [1.29, 1.82) is 0 Å². The van der Waals surface area contributed by atoms with Gasteiger partial charge in [0.15, 0.2) is 23.3 Å². The van der Waals surface area contributed by atoms with E-state index in [1.54, 1.807) is 5.32 Å². The van der Waals surface area contributed by atoms with E-state index in [0.29, 0.717) is 3.79 Å². The predicted molar refractivity (Wildman–Crippen MR) is 66.2 cm³/mol. The van der Waals surface area contributed by atoms with Crippen LogP contribution < -0.4 is 5.32 Å². The van der Waals surface area contributed by atoms with Crippen LogP contribution in [-0.2, 0) is 0 Å². The normalized spacial score (nSPS) is 10.7. The molecule has 0 atom stereocenters. The van der Waals surface area contributed by atoms with Crippen LogP contribution in [0.15, 0.2) is 15.9 Å². The summed E-state index contributed by atoms with van der Waals surface area (Å²) in [5.74, 6) is -11.7. The summed E-state index contributed by atoms with van der Waals surface area (Å²) in [5.41, 5.74) is -1.38. The first-order valence-electron chi connectivity index (χ1n) is 4.91. The average Bonchev–Trinajstić information content (AvgIpc) is 2.85. The van der Waals surface area contributed by atoms with Gasteiger partial charge in [0.2, 0.25) is 5.82 Å². The molecule has 0 bridgehead atoms. The number of hydrogen-bond acceptors (Lipinski definition) is 2. The summed E-state index contributed by atoms with van der Waals surface area (Å²) in [4.78, 5) is 11.7. The van der Waals surface area contributed by atoms with Crippen LogP contribution in [-0.4, -0.2) is 5.91 Å². The third kappa shape index (κ3) is 2.55. The van der Waals surface area contributed by atoms with Gasteiger partial charge in [-0.05, 0) is 28.1 Å². The minimum Gasteiger partial charge on any atom is -0.316 e. The number of thiophene rings is 1. The number of halogens is 6. The van der Waals surface area contributed by atoms with Crippen molar-refractivity contribution in [3.8, 4) is 0 Å². The van der Waals surface area contributed by atoms with E-state index in [2.05, 4.69) is 15.9 Å². The van der Waals surface area contributed by atoms with Crippen LogP contribution in [0.3, 0.4) is 0 Å². The van der Waals surface area contributed by atoms with E-state index >= 15 is 0 Å². The smallest absolute Gasteiger partial charge is 0.265 e. The molecule has 2 nitrogen and oxygen atoms in total. The van der Waals surface area contributed by atoms with Crippen molar-refractivity contribution < 1.29 is 26.7 Å². The van der Waals surface area contributed by atoms with Gasteiger partial charge in [0.1, 0.15) is 5.69 Å². The monoisotopic (exact) mass is 371 g/mol. The lowest BCUT2D eigenvalue weighted by atomic mass is 10.2. The van der Waals surface area contributed by atoms with E-state index in [4.69, 9.17) is 0 Å². The van der Waals surface area contributed by atoms with Crippen molar-refractivity contribution >= 4 is 38.9 Å². The first-order valence-corrected chi connectivity index (χ1v) is 6.52. The fourth-order valence-electron chi connectivity index (χ4n) is 1.33. The lowest BCUT2D eigenvalue weighted by molar-refractivity contribution is 0.102. The van der Waals surface area contributed by atoms with Gasteiger partial charge in [0.05, 0.1) is 8.66 Å². The van der Waals surface area contributed by atoms with Crippen LogP contribution in [0, 0.1) is 29.1 Å². The van der Waals surface area contributed by atoms with Crippen molar-refractivity contribution in [2.24, 2.45) is 0 Å². The second-order valence-electron chi connectivity index (χ2n) is 3.50. The molecule has 0 spiro atoms. The number of rotatable bonds is 2. The molecule has 9 heteroatoms. The molecule has 0 saturated carbocycles. The molecule has 2 aromatic rings. The van der Waals surface area contributed by atoms with Crippen LogP contribution >= 0.6 is 27.3 Å². The Morgan fingerprint density at radius 3 is 1.90 bits per heavy atom. The van der Waals surface area contributed by atoms with E-state index < -0.39 is 40.7 Å². The summed E-state index contributed by atoms with van der Waals surface area (Å²) in [6.45, 7) is 0.